The van der Waals surface area contributed by atoms with E-state index in [0.717, 1.165) is 54.6 Å². The van der Waals surface area contributed by atoms with Crippen molar-refractivity contribution in [3.63, 3.8) is 0 Å². The van der Waals surface area contributed by atoms with Crippen molar-refractivity contribution in [2.24, 2.45) is 0 Å². The third kappa shape index (κ3) is 6.21. The van der Waals surface area contributed by atoms with E-state index in [9.17, 15) is 4.79 Å². The average molecular weight is 461 g/mol. The average Bonchev–Trinajstić information content (AvgIpc) is 3.12. The molecule has 0 saturated carbocycles. The number of carbonyl (C=O) groups excluding carboxylic acids is 1. The van der Waals surface area contributed by atoms with Gasteiger partial charge in [0.1, 0.15) is 6.61 Å². The summed E-state index contributed by atoms with van der Waals surface area (Å²) in [5.41, 5.74) is 3.47. The molecule has 6 heteroatoms. The van der Waals surface area contributed by atoms with Gasteiger partial charge in [0, 0.05) is 26.1 Å². The first-order valence-electron chi connectivity index (χ1n) is 10.1. The maximum Gasteiger partial charge on any atom is 0.222 e. The van der Waals surface area contributed by atoms with Crippen LogP contribution in [0.5, 0.6) is 11.5 Å². The molecule has 1 fully saturated rings. The second-order valence-corrected chi connectivity index (χ2v) is 8.25. The maximum atomic E-state index is 11.6. The minimum atomic E-state index is 0.292. The highest BCUT2D eigenvalue weighted by atomic mass is 79.9. The van der Waals surface area contributed by atoms with Gasteiger partial charge in [0.25, 0.3) is 0 Å². The molecular formula is C23H29BrN2O3. The summed E-state index contributed by atoms with van der Waals surface area (Å²) >= 11 is 3.62. The van der Waals surface area contributed by atoms with Gasteiger partial charge in [-0.2, -0.15) is 0 Å². The molecule has 1 aliphatic heterocycles. The number of nitrogens with one attached hydrogen (secondary N) is 1. The Morgan fingerprint density at radius 3 is 2.66 bits per heavy atom. The van der Waals surface area contributed by atoms with Crippen molar-refractivity contribution in [3.05, 3.63) is 57.6 Å². The van der Waals surface area contributed by atoms with Gasteiger partial charge in [0.2, 0.25) is 5.91 Å². The summed E-state index contributed by atoms with van der Waals surface area (Å²) in [5.74, 6) is 1.72. The second-order valence-electron chi connectivity index (χ2n) is 7.40. The summed E-state index contributed by atoms with van der Waals surface area (Å²) in [6, 6.07) is 12.4. The Labute approximate surface area is 181 Å². The molecule has 0 aromatic heterocycles. The van der Waals surface area contributed by atoms with Gasteiger partial charge < -0.3 is 19.7 Å². The summed E-state index contributed by atoms with van der Waals surface area (Å²) in [6.45, 7) is 5.92. The SMILES string of the molecule is COc1cc(CNCCCN2CCCC2=O)cc(Br)c1OCc1ccc(C)cc1. The molecular weight excluding hydrogens is 432 g/mol. The van der Waals surface area contributed by atoms with E-state index in [2.05, 4.69) is 58.5 Å². The number of aryl methyl sites for hydroxylation is 1. The largest absolute Gasteiger partial charge is 0.493 e. The minimum absolute atomic E-state index is 0.292. The molecule has 3 rings (SSSR count). The van der Waals surface area contributed by atoms with Crippen molar-refractivity contribution in [2.75, 3.05) is 26.7 Å². The molecule has 1 N–H and O–H groups in total. The molecule has 0 unspecified atom stereocenters. The van der Waals surface area contributed by atoms with Crippen LogP contribution in [0.25, 0.3) is 0 Å². The quantitative estimate of drug-likeness (QED) is 0.532. The number of benzene rings is 2. The standard InChI is InChI=1S/C23H29BrN2O3/c1-17-6-8-18(9-7-17)16-29-23-20(24)13-19(14-21(23)28-2)15-25-10-4-12-26-11-3-5-22(26)27/h6-9,13-14,25H,3-5,10-12,15-16H2,1-2H3. The van der Waals surface area contributed by atoms with Crippen LogP contribution in [0.15, 0.2) is 40.9 Å². The van der Waals surface area contributed by atoms with E-state index in [1.54, 1.807) is 7.11 Å². The zero-order valence-corrected chi connectivity index (χ0v) is 18.8. The summed E-state index contributed by atoms with van der Waals surface area (Å²) in [4.78, 5) is 13.6. The number of halogens is 1. The molecule has 1 heterocycles. The molecule has 0 atom stereocenters. The van der Waals surface area contributed by atoms with Gasteiger partial charge in [0.15, 0.2) is 11.5 Å². The fourth-order valence-corrected chi connectivity index (χ4v) is 4.03. The van der Waals surface area contributed by atoms with Crippen molar-refractivity contribution >= 4 is 21.8 Å². The van der Waals surface area contributed by atoms with Gasteiger partial charge in [0.05, 0.1) is 11.6 Å². The van der Waals surface area contributed by atoms with Crippen LogP contribution in [0.2, 0.25) is 0 Å². The third-order valence-corrected chi connectivity index (χ3v) is 5.66. The first kappa shape index (κ1) is 21.7. The summed E-state index contributed by atoms with van der Waals surface area (Å²) in [5, 5.41) is 3.45. The predicted molar refractivity (Wildman–Crippen MR) is 118 cm³/mol. The highest BCUT2D eigenvalue weighted by Gasteiger charge is 2.19. The summed E-state index contributed by atoms with van der Waals surface area (Å²) in [7, 11) is 1.66. The monoisotopic (exact) mass is 460 g/mol. The molecule has 156 valence electrons. The van der Waals surface area contributed by atoms with Gasteiger partial charge in [-0.25, -0.2) is 0 Å². The fourth-order valence-electron chi connectivity index (χ4n) is 3.42. The smallest absolute Gasteiger partial charge is 0.222 e. The van der Waals surface area contributed by atoms with Gasteiger partial charge in [-0.05, 0) is 65.5 Å². The lowest BCUT2D eigenvalue weighted by Crippen LogP contribution is -2.28. The number of nitrogens with zero attached hydrogens (tertiary/aromatic N) is 1. The van der Waals surface area contributed by atoms with Gasteiger partial charge in [-0.15, -0.1) is 0 Å². The molecule has 1 amide bonds. The zero-order valence-electron chi connectivity index (χ0n) is 17.2. The van der Waals surface area contributed by atoms with Crippen molar-refractivity contribution < 1.29 is 14.3 Å². The summed E-state index contributed by atoms with van der Waals surface area (Å²) in [6.07, 6.45) is 2.67. The van der Waals surface area contributed by atoms with Crippen LogP contribution in [0.3, 0.4) is 0 Å². The number of likely N-dealkylation sites (tertiary alicyclic amines) is 1. The lowest BCUT2D eigenvalue weighted by Gasteiger charge is -2.16. The number of methoxy groups -OCH3 is 1. The van der Waals surface area contributed by atoms with Crippen molar-refractivity contribution in [3.8, 4) is 11.5 Å². The molecule has 1 saturated heterocycles. The number of hydrogen-bond acceptors (Lipinski definition) is 4. The van der Waals surface area contributed by atoms with Gasteiger partial charge in [-0.1, -0.05) is 29.8 Å². The number of ether oxygens (including phenoxy) is 2. The van der Waals surface area contributed by atoms with E-state index >= 15 is 0 Å². The minimum Gasteiger partial charge on any atom is -0.493 e. The number of hydrogen-bond donors (Lipinski definition) is 1. The van der Waals surface area contributed by atoms with E-state index in [4.69, 9.17) is 9.47 Å². The fraction of sp³-hybridized carbons (Fsp3) is 0.435. The predicted octanol–water partition coefficient (Wildman–Crippen LogP) is 4.45. The van der Waals surface area contributed by atoms with Crippen molar-refractivity contribution in [1.29, 1.82) is 0 Å². The van der Waals surface area contributed by atoms with E-state index < -0.39 is 0 Å². The van der Waals surface area contributed by atoms with Gasteiger partial charge in [-0.3, -0.25) is 4.79 Å². The molecule has 0 aliphatic carbocycles. The Kier molecular flexibility index (Phi) is 7.95. The lowest BCUT2D eigenvalue weighted by molar-refractivity contribution is -0.127. The normalized spacial score (nSPS) is 13.8. The highest BCUT2D eigenvalue weighted by molar-refractivity contribution is 9.10. The second kappa shape index (κ2) is 10.6. The van der Waals surface area contributed by atoms with Crippen LogP contribution in [0.1, 0.15) is 36.0 Å². The number of amides is 1. The van der Waals surface area contributed by atoms with E-state index in [1.165, 1.54) is 5.56 Å². The molecule has 0 radical (unpaired) electrons. The van der Waals surface area contributed by atoms with Crippen LogP contribution in [-0.2, 0) is 17.9 Å². The van der Waals surface area contributed by atoms with E-state index in [1.807, 2.05) is 11.0 Å². The first-order chi connectivity index (χ1) is 14.1. The Bertz CT molecular complexity index is 824. The van der Waals surface area contributed by atoms with Crippen LogP contribution < -0.4 is 14.8 Å². The number of carbonyl (C=O) groups is 1. The topological polar surface area (TPSA) is 50.8 Å². The molecule has 1 aliphatic rings. The molecule has 29 heavy (non-hydrogen) atoms. The molecule has 0 bridgehead atoms. The lowest BCUT2D eigenvalue weighted by atomic mass is 10.1. The van der Waals surface area contributed by atoms with Crippen molar-refractivity contribution in [2.45, 2.75) is 39.3 Å². The van der Waals surface area contributed by atoms with Crippen LogP contribution in [0.4, 0.5) is 0 Å². The zero-order chi connectivity index (χ0) is 20.6. The van der Waals surface area contributed by atoms with E-state index in [0.29, 0.717) is 30.4 Å². The Morgan fingerprint density at radius 2 is 1.97 bits per heavy atom. The van der Waals surface area contributed by atoms with Crippen LogP contribution >= 0.6 is 15.9 Å². The Balaban J connectivity index is 1.50. The Morgan fingerprint density at radius 1 is 1.17 bits per heavy atom. The third-order valence-electron chi connectivity index (χ3n) is 5.08. The molecule has 0 spiro atoms. The molecule has 2 aromatic rings. The maximum absolute atomic E-state index is 11.6. The van der Waals surface area contributed by atoms with Crippen molar-refractivity contribution in [1.82, 2.24) is 10.2 Å². The van der Waals surface area contributed by atoms with Crippen LogP contribution in [0, 0.1) is 6.92 Å². The number of rotatable bonds is 10. The Hall–Kier alpha value is -2.05. The van der Waals surface area contributed by atoms with E-state index in [-0.39, 0.29) is 0 Å². The molecule has 5 nitrogen and oxygen atoms in total. The van der Waals surface area contributed by atoms with Crippen LogP contribution in [-0.4, -0.2) is 37.6 Å². The summed E-state index contributed by atoms with van der Waals surface area (Å²) < 4.78 is 12.5. The van der Waals surface area contributed by atoms with Gasteiger partial charge >= 0.3 is 0 Å². The highest BCUT2D eigenvalue weighted by Crippen LogP contribution is 2.37. The molecule has 2 aromatic carbocycles. The first-order valence-corrected chi connectivity index (χ1v) is 10.9.